The molecule has 1 aromatic heterocycles. The van der Waals surface area contributed by atoms with Crippen molar-refractivity contribution in [3.8, 4) is 0 Å². The second-order valence-electron chi connectivity index (χ2n) is 7.96. The summed E-state index contributed by atoms with van der Waals surface area (Å²) in [5.41, 5.74) is 1.14. The molecular weight excluding hydrogens is 475 g/mol. The number of thiazole rings is 1. The maximum Gasteiger partial charge on any atom is 0.338 e. The molecule has 2 atom stereocenters. The van der Waals surface area contributed by atoms with E-state index in [1.165, 1.54) is 17.4 Å². The summed E-state index contributed by atoms with van der Waals surface area (Å²) in [4.78, 5) is 34.8. The Balaban J connectivity index is 1.68. The van der Waals surface area contributed by atoms with Crippen LogP contribution in [0.1, 0.15) is 30.0 Å². The third-order valence-electron chi connectivity index (χ3n) is 5.69. The molecule has 0 aliphatic carbocycles. The van der Waals surface area contributed by atoms with E-state index in [4.69, 9.17) is 19.2 Å². The molecule has 186 valence electrons. The van der Waals surface area contributed by atoms with Crippen LogP contribution in [0, 0.1) is 5.82 Å². The Morgan fingerprint density at radius 2 is 2.26 bits per heavy atom. The minimum atomic E-state index is -0.886. The Bertz CT molecular complexity index is 1090. The average Bonchev–Trinajstić information content (AvgIpc) is 3.40. The van der Waals surface area contributed by atoms with E-state index < -0.39 is 17.8 Å². The lowest BCUT2D eigenvalue weighted by molar-refractivity contribution is -0.139. The summed E-state index contributed by atoms with van der Waals surface area (Å²) in [6.07, 6.45) is 2.12. The molecule has 2 aliphatic heterocycles. The number of rotatable bonds is 10. The van der Waals surface area contributed by atoms with Crippen LogP contribution < -0.4 is 5.32 Å². The Kier molecular flexibility index (Phi) is 8.56. The van der Waals surface area contributed by atoms with Crippen LogP contribution in [0.4, 0.5) is 4.39 Å². The van der Waals surface area contributed by atoms with Gasteiger partial charge in [-0.2, -0.15) is 0 Å². The van der Waals surface area contributed by atoms with Gasteiger partial charge >= 0.3 is 5.97 Å². The molecule has 9 nitrogen and oxygen atoms in total. The molecular formula is C24H27FN4O5S. The summed E-state index contributed by atoms with van der Waals surface area (Å²) in [5.74, 6) is -0.528. The van der Waals surface area contributed by atoms with Crippen LogP contribution in [0.5, 0.6) is 0 Å². The van der Waals surface area contributed by atoms with Gasteiger partial charge in [-0.15, -0.1) is 11.3 Å². The van der Waals surface area contributed by atoms with Crippen LogP contribution in [-0.4, -0.2) is 73.7 Å². The van der Waals surface area contributed by atoms with E-state index in [0.717, 1.165) is 0 Å². The van der Waals surface area contributed by atoms with Gasteiger partial charge < -0.3 is 19.5 Å². The normalized spacial score (nSPS) is 20.7. The Morgan fingerprint density at radius 3 is 3.00 bits per heavy atom. The van der Waals surface area contributed by atoms with Gasteiger partial charge in [0.05, 0.1) is 31.5 Å². The second-order valence-corrected chi connectivity index (χ2v) is 8.85. The topological polar surface area (TPSA) is 102 Å². The van der Waals surface area contributed by atoms with Crippen LogP contribution >= 0.6 is 11.3 Å². The number of halogens is 1. The number of esters is 1. The number of hydrogen-bond donors (Lipinski definition) is 1. The molecule has 1 N–H and O–H groups in total. The number of benzene rings is 1. The first-order valence-corrected chi connectivity index (χ1v) is 12.3. The number of nitrogens with zero attached hydrogens (tertiary/aromatic N) is 3. The first kappa shape index (κ1) is 25.0. The zero-order chi connectivity index (χ0) is 24.6. The van der Waals surface area contributed by atoms with Crippen molar-refractivity contribution in [2.45, 2.75) is 25.5 Å². The highest BCUT2D eigenvalue weighted by Gasteiger charge is 2.35. The highest BCUT2D eigenvalue weighted by Crippen LogP contribution is 2.34. The van der Waals surface area contributed by atoms with Crippen molar-refractivity contribution in [2.24, 2.45) is 4.99 Å². The third-order valence-corrected chi connectivity index (χ3v) is 6.47. The fourth-order valence-electron chi connectivity index (χ4n) is 4.11. The van der Waals surface area contributed by atoms with Crippen LogP contribution in [-0.2, 0) is 23.8 Å². The van der Waals surface area contributed by atoms with Gasteiger partial charge in [-0.05, 0) is 13.0 Å². The van der Waals surface area contributed by atoms with Crippen LogP contribution in [0.2, 0.25) is 0 Å². The molecule has 11 heteroatoms. The predicted octanol–water partition coefficient (Wildman–Crippen LogP) is 2.45. The van der Waals surface area contributed by atoms with Crippen molar-refractivity contribution >= 4 is 29.6 Å². The summed E-state index contributed by atoms with van der Waals surface area (Å²) in [5, 5.41) is 5.75. The van der Waals surface area contributed by atoms with Gasteiger partial charge in [-0.1, -0.05) is 18.2 Å². The molecule has 4 rings (SSSR count). The molecule has 0 amide bonds. The molecule has 0 spiro atoms. The van der Waals surface area contributed by atoms with Gasteiger partial charge in [-0.25, -0.2) is 14.2 Å². The number of aromatic nitrogens is 1. The summed E-state index contributed by atoms with van der Waals surface area (Å²) in [6.45, 7) is 4.69. The lowest BCUT2D eigenvalue weighted by Gasteiger charge is -2.35. The average molecular weight is 503 g/mol. The van der Waals surface area contributed by atoms with Gasteiger partial charge in [-0.3, -0.25) is 14.7 Å². The van der Waals surface area contributed by atoms with Crippen molar-refractivity contribution in [2.75, 3.05) is 39.5 Å². The first-order valence-electron chi connectivity index (χ1n) is 11.4. The molecule has 3 heterocycles. The van der Waals surface area contributed by atoms with E-state index in [0.29, 0.717) is 55.7 Å². The van der Waals surface area contributed by atoms with Crippen LogP contribution in [0.3, 0.4) is 0 Å². The Labute approximate surface area is 206 Å². The van der Waals surface area contributed by atoms with Gasteiger partial charge in [0, 0.05) is 48.9 Å². The lowest BCUT2D eigenvalue weighted by atomic mass is 9.94. The molecule has 35 heavy (non-hydrogen) atoms. The highest BCUT2D eigenvalue weighted by atomic mass is 32.1. The van der Waals surface area contributed by atoms with Crippen molar-refractivity contribution in [1.82, 2.24) is 15.2 Å². The van der Waals surface area contributed by atoms with Gasteiger partial charge in [0.25, 0.3) is 6.47 Å². The van der Waals surface area contributed by atoms with Crippen molar-refractivity contribution < 1.29 is 28.2 Å². The number of carbonyl (C=O) groups is 2. The zero-order valence-corrected chi connectivity index (χ0v) is 20.1. The van der Waals surface area contributed by atoms with Crippen molar-refractivity contribution in [1.29, 1.82) is 0 Å². The third kappa shape index (κ3) is 6.11. The second kappa shape index (κ2) is 12.0. The molecule has 0 saturated carbocycles. The maximum atomic E-state index is 14.9. The minimum Gasteiger partial charge on any atom is -0.468 e. The van der Waals surface area contributed by atoms with E-state index in [1.807, 2.05) is 5.38 Å². The number of hydrogen-bond acceptors (Lipinski definition) is 10. The predicted molar refractivity (Wildman–Crippen MR) is 127 cm³/mol. The smallest absolute Gasteiger partial charge is 0.338 e. The molecule has 0 bridgehead atoms. The fraction of sp³-hybridized carbons (Fsp3) is 0.417. The van der Waals surface area contributed by atoms with Crippen LogP contribution in [0.25, 0.3) is 0 Å². The number of morpholine rings is 1. The molecule has 1 saturated heterocycles. The van der Waals surface area contributed by atoms with Gasteiger partial charge in [0.2, 0.25) is 0 Å². The van der Waals surface area contributed by atoms with Gasteiger partial charge in [0.15, 0.2) is 10.8 Å². The zero-order valence-electron chi connectivity index (χ0n) is 19.3. The van der Waals surface area contributed by atoms with Crippen molar-refractivity contribution in [3.05, 3.63) is 63.5 Å². The number of aliphatic imine (C=N–C) groups is 1. The number of amidine groups is 1. The Morgan fingerprint density at radius 1 is 1.40 bits per heavy atom. The standard InChI is InChI=1S/C24H27FN4O5S/c1-2-33-24(31)20-19(14-29-9-11-34-16(13-29)7-10-32-15-30)27-22(23-26-8-12-35-23)28-21(20)17-5-3-4-6-18(17)25/h3-6,8,12,15-16,21H,2,7,9-11,13-14H2,1H3,(H,27,28)/t16-,21-/m0/s1. The molecule has 1 aromatic carbocycles. The van der Waals surface area contributed by atoms with Crippen LogP contribution in [0.15, 0.2) is 52.1 Å². The maximum absolute atomic E-state index is 14.9. The highest BCUT2D eigenvalue weighted by molar-refractivity contribution is 7.11. The van der Waals surface area contributed by atoms with E-state index in [2.05, 4.69) is 15.2 Å². The molecule has 0 unspecified atom stereocenters. The van der Waals surface area contributed by atoms with Crippen molar-refractivity contribution in [3.63, 3.8) is 0 Å². The molecule has 0 radical (unpaired) electrons. The number of ether oxygens (including phenoxy) is 3. The van der Waals surface area contributed by atoms with Gasteiger partial charge in [0.1, 0.15) is 11.9 Å². The Hall–Kier alpha value is -3.15. The summed E-state index contributed by atoms with van der Waals surface area (Å²) < 4.78 is 30.9. The number of carbonyl (C=O) groups excluding carboxylic acids is 2. The largest absolute Gasteiger partial charge is 0.468 e. The van der Waals surface area contributed by atoms with E-state index in [-0.39, 0.29) is 30.5 Å². The summed E-state index contributed by atoms with van der Waals surface area (Å²) in [6, 6.07) is 5.41. The van der Waals surface area contributed by atoms with E-state index in [1.54, 1.807) is 31.3 Å². The molecule has 1 fully saturated rings. The minimum absolute atomic E-state index is 0.117. The first-order chi connectivity index (χ1) is 17.1. The molecule has 2 aromatic rings. The summed E-state index contributed by atoms with van der Waals surface area (Å²) in [7, 11) is 0. The lowest BCUT2D eigenvalue weighted by Crippen LogP contribution is -2.46. The van der Waals surface area contributed by atoms with E-state index >= 15 is 0 Å². The molecule has 2 aliphatic rings. The monoisotopic (exact) mass is 502 g/mol. The fourth-order valence-corrected chi connectivity index (χ4v) is 4.70. The number of nitrogens with one attached hydrogen (secondary N) is 1. The summed E-state index contributed by atoms with van der Waals surface area (Å²) >= 11 is 1.40. The SMILES string of the molecule is CCOC(=O)C1=C(CN2CCO[C@@H](CCOC=O)C2)NC(c2nccs2)=N[C@H]1c1ccccc1F. The quantitative estimate of drug-likeness (QED) is 0.300. The van der Waals surface area contributed by atoms with E-state index in [9.17, 15) is 14.0 Å².